The van der Waals surface area contributed by atoms with Crippen LogP contribution in [0.25, 0.3) is 11.1 Å². The average molecular weight is 500 g/mol. The fourth-order valence-electron chi connectivity index (χ4n) is 5.91. The van der Waals surface area contributed by atoms with Gasteiger partial charge < -0.3 is 24.6 Å². The van der Waals surface area contributed by atoms with Crippen molar-refractivity contribution in [1.82, 2.24) is 9.97 Å². The first-order valence-electron chi connectivity index (χ1n) is 12.8. The number of carbonyl (C=O) groups excluding carboxylic acids is 2. The highest BCUT2D eigenvalue weighted by Gasteiger charge is 2.42. The second-order valence-corrected chi connectivity index (χ2v) is 10.1. The van der Waals surface area contributed by atoms with Gasteiger partial charge in [0.05, 0.1) is 17.9 Å². The van der Waals surface area contributed by atoms with Crippen molar-refractivity contribution < 1.29 is 20.5 Å². The molecule has 2 amide bonds. The van der Waals surface area contributed by atoms with E-state index in [1.54, 1.807) is 6.20 Å². The van der Waals surface area contributed by atoms with E-state index in [4.69, 9.17) is 9.47 Å². The summed E-state index contributed by atoms with van der Waals surface area (Å²) in [5.74, 6) is 2.17. The third kappa shape index (κ3) is 3.52. The molecule has 7 rings (SSSR count). The van der Waals surface area contributed by atoms with Crippen molar-refractivity contribution in [2.24, 2.45) is 0 Å². The number of ether oxygens (including phenoxy) is 2. The molecule has 0 radical (unpaired) electrons. The lowest BCUT2D eigenvalue weighted by Gasteiger charge is -2.35. The second kappa shape index (κ2) is 8.19. The van der Waals surface area contributed by atoms with E-state index in [1.807, 2.05) is 60.2 Å². The molecule has 4 aliphatic rings. The van der Waals surface area contributed by atoms with Gasteiger partial charge in [-0.1, -0.05) is 0 Å². The molecule has 9 heteroatoms. The Labute approximate surface area is 215 Å². The Kier molecular flexibility index (Phi) is 4.89. The van der Waals surface area contributed by atoms with Crippen LogP contribution in [0, 0.1) is 0 Å². The molecule has 4 aliphatic heterocycles. The van der Waals surface area contributed by atoms with E-state index >= 15 is 0 Å². The van der Waals surface area contributed by atoms with Crippen molar-refractivity contribution in [3.8, 4) is 22.8 Å². The van der Waals surface area contributed by atoms with Crippen molar-refractivity contribution in [3.05, 3.63) is 48.3 Å². The number of carbonyl (C=O) groups is 2. The summed E-state index contributed by atoms with van der Waals surface area (Å²) in [6.45, 7) is 4.74. The van der Waals surface area contributed by atoms with Crippen LogP contribution >= 0.6 is 0 Å². The maximum absolute atomic E-state index is 12.6. The van der Waals surface area contributed by atoms with Gasteiger partial charge >= 0.3 is 0 Å². The quantitative estimate of drug-likeness (QED) is 0.542. The zero-order valence-corrected chi connectivity index (χ0v) is 20.7. The summed E-state index contributed by atoms with van der Waals surface area (Å²) in [5, 5.41) is 3.34. The molecule has 0 saturated carbocycles. The molecule has 0 spiro atoms. The van der Waals surface area contributed by atoms with Crippen molar-refractivity contribution in [2.45, 2.75) is 57.8 Å². The lowest BCUT2D eigenvalue weighted by atomic mass is 9.94. The van der Waals surface area contributed by atoms with Gasteiger partial charge in [-0.3, -0.25) is 9.59 Å². The molecule has 6 heterocycles. The number of rotatable bonds is 3. The van der Waals surface area contributed by atoms with Crippen molar-refractivity contribution in [3.63, 3.8) is 0 Å². The first-order valence-corrected chi connectivity index (χ1v) is 12.8. The van der Waals surface area contributed by atoms with Gasteiger partial charge in [0.1, 0.15) is 29.5 Å². The van der Waals surface area contributed by atoms with Gasteiger partial charge in [0, 0.05) is 55.5 Å². The molecular formula is C28H29N5O4. The Morgan fingerprint density at radius 2 is 1.89 bits per heavy atom. The Morgan fingerprint density at radius 3 is 2.73 bits per heavy atom. The van der Waals surface area contributed by atoms with E-state index in [2.05, 4.69) is 15.3 Å². The predicted molar refractivity (Wildman–Crippen MR) is 141 cm³/mol. The summed E-state index contributed by atoms with van der Waals surface area (Å²) >= 11 is 0. The van der Waals surface area contributed by atoms with Gasteiger partial charge in [0.15, 0.2) is 0 Å². The predicted octanol–water partition coefficient (Wildman–Crippen LogP) is 4.99. The molecule has 1 unspecified atom stereocenters. The second-order valence-electron chi connectivity index (χ2n) is 10.1. The van der Waals surface area contributed by atoms with Gasteiger partial charge in [0.25, 0.3) is 0 Å². The van der Waals surface area contributed by atoms with Crippen LogP contribution in [0.4, 0.5) is 22.9 Å². The van der Waals surface area contributed by atoms with Crippen LogP contribution in [0.2, 0.25) is 0 Å². The minimum absolute atomic E-state index is 0. The standard InChI is InChI=1S/C28H27N5O4.H2/c1-15-20-12-25(31-17-10-23-28(30-13-17)37-16(2)22-7-8-27(35)33(22)23)29-14-21(20)19-6-5-18(11-24(19)36-15)32-9-3-4-26(32)34;/h5-6,10-16,22H,3-4,7-9H2,1-2H3,(H,29,31);1H/t15-,16?,22-;/m0./s1. The Hall–Kier alpha value is -4.14. The number of hydrogen-bond donors (Lipinski definition) is 1. The molecule has 1 N–H and O–H groups in total. The number of benzene rings is 1. The highest BCUT2D eigenvalue weighted by atomic mass is 16.5. The van der Waals surface area contributed by atoms with Crippen LogP contribution in [0.1, 0.15) is 52.6 Å². The van der Waals surface area contributed by atoms with Crippen LogP contribution in [-0.2, 0) is 9.59 Å². The maximum Gasteiger partial charge on any atom is 0.238 e. The van der Waals surface area contributed by atoms with E-state index in [9.17, 15) is 9.59 Å². The number of nitrogens with zero attached hydrogens (tertiary/aromatic N) is 4. The Bertz CT molecular complexity index is 1460. The Balaban J connectivity index is 0.00000264. The van der Waals surface area contributed by atoms with Crippen molar-refractivity contribution in [2.75, 3.05) is 21.7 Å². The zero-order valence-electron chi connectivity index (χ0n) is 20.7. The summed E-state index contributed by atoms with van der Waals surface area (Å²) in [4.78, 5) is 37.6. The molecule has 0 bridgehead atoms. The number of anilines is 4. The molecule has 37 heavy (non-hydrogen) atoms. The van der Waals surface area contributed by atoms with E-state index < -0.39 is 0 Å². The molecule has 2 aromatic heterocycles. The third-order valence-corrected chi connectivity index (χ3v) is 7.78. The lowest BCUT2D eigenvalue weighted by molar-refractivity contribution is -0.118. The minimum atomic E-state index is -0.185. The lowest BCUT2D eigenvalue weighted by Crippen LogP contribution is -2.46. The highest BCUT2D eigenvalue weighted by Crippen LogP contribution is 2.45. The van der Waals surface area contributed by atoms with E-state index in [-0.39, 0.29) is 31.5 Å². The molecule has 1 aromatic carbocycles. The van der Waals surface area contributed by atoms with Gasteiger partial charge in [0.2, 0.25) is 17.7 Å². The number of pyridine rings is 2. The number of fused-ring (bicyclic) bond motifs is 6. The smallest absolute Gasteiger partial charge is 0.238 e. The fourth-order valence-corrected chi connectivity index (χ4v) is 5.91. The number of amides is 2. The SMILES string of the molecule is CC1Oc2ncc(Nc3cc4c(cn3)-c3ccc(N5CCCC5=O)cc3O[C@H]4C)cc2N2C(=O)CC[C@@H]12.[HH]. The topological polar surface area (TPSA) is 96.9 Å². The van der Waals surface area contributed by atoms with E-state index in [1.165, 1.54) is 0 Å². The fraction of sp³-hybridized carbons (Fsp3) is 0.357. The van der Waals surface area contributed by atoms with Crippen LogP contribution in [0.5, 0.6) is 11.6 Å². The number of aromatic nitrogens is 2. The first-order chi connectivity index (χ1) is 18.0. The maximum atomic E-state index is 12.6. The Morgan fingerprint density at radius 1 is 1.00 bits per heavy atom. The molecule has 190 valence electrons. The van der Waals surface area contributed by atoms with Crippen molar-refractivity contribution >= 4 is 34.7 Å². The van der Waals surface area contributed by atoms with Gasteiger partial charge in [-0.15, -0.1) is 0 Å². The largest absolute Gasteiger partial charge is 0.485 e. The zero-order chi connectivity index (χ0) is 25.3. The first kappa shape index (κ1) is 22.1. The molecular weight excluding hydrogens is 470 g/mol. The van der Waals surface area contributed by atoms with Crippen molar-refractivity contribution in [1.29, 1.82) is 0 Å². The van der Waals surface area contributed by atoms with Crippen LogP contribution < -0.4 is 24.6 Å². The normalized spacial score (nSPS) is 23.6. The summed E-state index contributed by atoms with van der Waals surface area (Å²) in [7, 11) is 0. The van der Waals surface area contributed by atoms with Gasteiger partial charge in [-0.2, -0.15) is 0 Å². The van der Waals surface area contributed by atoms with Crippen LogP contribution in [-0.4, -0.2) is 40.5 Å². The molecule has 2 saturated heterocycles. The minimum Gasteiger partial charge on any atom is -0.485 e. The number of hydrogen-bond acceptors (Lipinski definition) is 7. The molecule has 0 aliphatic carbocycles. The number of nitrogens with one attached hydrogen (secondary N) is 1. The molecule has 2 fully saturated rings. The van der Waals surface area contributed by atoms with Crippen LogP contribution in [0.3, 0.4) is 0 Å². The monoisotopic (exact) mass is 499 g/mol. The van der Waals surface area contributed by atoms with Gasteiger partial charge in [-0.05, 0) is 51.0 Å². The van der Waals surface area contributed by atoms with E-state index in [0.717, 1.165) is 53.2 Å². The molecule has 3 atom stereocenters. The molecule has 9 nitrogen and oxygen atoms in total. The average Bonchev–Trinajstić information content (AvgIpc) is 3.50. The molecule has 3 aromatic rings. The summed E-state index contributed by atoms with van der Waals surface area (Å²) < 4.78 is 12.3. The highest BCUT2D eigenvalue weighted by molar-refractivity contribution is 5.98. The summed E-state index contributed by atoms with van der Waals surface area (Å²) in [5.41, 5.74) is 5.30. The van der Waals surface area contributed by atoms with E-state index in [0.29, 0.717) is 30.2 Å². The summed E-state index contributed by atoms with van der Waals surface area (Å²) in [6.07, 6.45) is 6.08. The summed E-state index contributed by atoms with van der Waals surface area (Å²) in [6, 6.07) is 9.88. The van der Waals surface area contributed by atoms with Crippen LogP contribution in [0.15, 0.2) is 42.7 Å². The van der Waals surface area contributed by atoms with Gasteiger partial charge in [-0.25, -0.2) is 9.97 Å². The third-order valence-electron chi connectivity index (χ3n) is 7.78.